The molecule has 1 aromatic rings. The molecule has 0 aliphatic carbocycles. The van der Waals surface area contributed by atoms with Crippen LogP contribution in [-0.2, 0) is 4.74 Å². The van der Waals surface area contributed by atoms with Gasteiger partial charge in [-0.3, -0.25) is 4.90 Å². The minimum absolute atomic E-state index is 0.0527. The maximum atomic E-state index is 9.19. The fraction of sp³-hybridized carbons (Fsp3) is 0.600. The number of morpholine rings is 1. The monoisotopic (exact) mass is 376 g/mol. The molecule has 0 amide bonds. The predicted octanol–water partition coefficient (Wildman–Crippen LogP) is 2.45. The van der Waals surface area contributed by atoms with Crippen LogP contribution in [0.5, 0.6) is 0 Å². The Morgan fingerprint density at radius 1 is 1.57 bits per heavy atom. The average molecular weight is 378 g/mol. The topological polar surface area (TPSA) is 44.7 Å². The highest BCUT2D eigenvalue weighted by molar-refractivity contribution is 9.10. The number of nitrogens with one attached hydrogen (secondary N) is 1. The van der Waals surface area contributed by atoms with E-state index in [2.05, 4.69) is 32.2 Å². The van der Waals surface area contributed by atoms with Crippen LogP contribution >= 0.6 is 27.5 Å². The first-order valence-corrected chi connectivity index (χ1v) is 8.38. The van der Waals surface area contributed by atoms with E-state index in [1.807, 2.05) is 19.2 Å². The number of aliphatic hydroxyl groups is 1. The Labute approximate surface area is 139 Å². The molecule has 6 heteroatoms. The van der Waals surface area contributed by atoms with Crippen molar-refractivity contribution in [2.45, 2.75) is 18.6 Å². The van der Waals surface area contributed by atoms with E-state index in [-0.39, 0.29) is 18.8 Å². The first kappa shape index (κ1) is 17.2. The Hall–Kier alpha value is -0.170. The molecule has 0 aromatic heterocycles. The Bertz CT molecular complexity index is 461. The van der Waals surface area contributed by atoms with Gasteiger partial charge in [-0.25, -0.2) is 0 Å². The van der Waals surface area contributed by atoms with E-state index in [1.54, 1.807) is 0 Å². The molecule has 2 N–H and O–H groups in total. The molecule has 4 nitrogen and oxygen atoms in total. The van der Waals surface area contributed by atoms with E-state index in [9.17, 15) is 5.11 Å². The zero-order valence-corrected chi connectivity index (χ0v) is 14.5. The van der Waals surface area contributed by atoms with Gasteiger partial charge in [0.25, 0.3) is 0 Å². The van der Waals surface area contributed by atoms with Crippen LogP contribution in [0, 0.1) is 0 Å². The minimum Gasteiger partial charge on any atom is -0.394 e. The fourth-order valence-corrected chi connectivity index (χ4v) is 3.45. The SMILES string of the molecule is CNC(CCN1CCOC(CO)C1)c1ccc(Br)cc1Cl. The molecule has 0 radical (unpaired) electrons. The van der Waals surface area contributed by atoms with Crippen LogP contribution in [0.25, 0.3) is 0 Å². The van der Waals surface area contributed by atoms with Gasteiger partial charge in [-0.1, -0.05) is 33.6 Å². The first-order valence-electron chi connectivity index (χ1n) is 7.21. The molecule has 2 rings (SSSR count). The smallest absolute Gasteiger partial charge is 0.0932 e. The lowest BCUT2D eigenvalue weighted by Gasteiger charge is -2.33. The summed E-state index contributed by atoms with van der Waals surface area (Å²) in [6, 6.07) is 6.23. The number of halogens is 2. The normalized spacial score (nSPS) is 21.4. The molecule has 118 valence electrons. The molecule has 2 unspecified atom stereocenters. The van der Waals surface area contributed by atoms with Crippen LogP contribution in [0.15, 0.2) is 22.7 Å². The number of hydrogen-bond acceptors (Lipinski definition) is 4. The van der Waals surface area contributed by atoms with Crippen LogP contribution in [0.4, 0.5) is 0 Å². The number of aliphatic hydroxyl groups excluding tert-OH is 1. The Morgan fingerprint density at radius 3 is 3.05 bits per heavy atom. The highest BCUT2D eigenvalue weighted by Crippen LogP contribution is 2.28. The van der Waals surface area contributed by atoms with Crippen molar-refractivity contribution < 1.29 is 9.84 Å². The highest BCUT2D eigenvalue weighted by atomic mass is 79.9. The van der Waals surface area contributed by atoms with E-state index >= 15 is 0 Å². The summed E-state index contributed by atoms with van der Waals surface area (Å²) in [5.41, 5.74) is 1.12. The highest BCUT2D eigenvalue weighted by Gasteiger charge is 2.21. The van der Waals surface area contributed by atoms with Crippen LogP contribution in [0.2, 0.25) is 5.02 Å². The van der Waals surface area contributed by atoms with Crippen molar-refractivity contribution in [2.24, 2.45) is 0 Å². The largest absolute Gasteiger partial charge is 0.394 e. The summed E-state index contributed by atoms with van der Waals surface area (Å²) in [5.74, 6) is 0. The first-order chi connectivity index (χ1) is 10.1. The summed E-state index contributed by atoms with van der Waals surface area (Å²) < 4.78 is 6.46. The van der Waals surface area contributed by atoms with E-state index in [4.69, 9.17) is 16.3 Å². The lowest BCUT2D eigenvalue weighted by molar-refractivity contribution is -0.0533. The molecule has 0 bridgehead atoms. The Kier molecular flexibility index (Phi) is 6.92. The van der Waals surface area contributed by atoms with E-state index < -0.39 is 0 Å². The third kappa shape index (κ3) is 4.91. The number of rotatable bonds is 6. The van der Waals surface area contributed by atoms with Crippen LogP contribution in [-0.4, -0.2) is 56.0 Å². The molecule has 0 spiro atoms. The van der Waals surface area contributed by atoms with Gasteiger partial charge in [-0.05, 0) is 31.2 Å². The summed E-state index contributed by atoms with van der Waals surface area (Å²) in [4.78, 5) is 2.33. The van der Waals surface area contributed by atoms with Crippen molar-refractivity contribution in [1.29, 1.82) is 0 Å². The van der Waals surface area contributed by atoms with Gasteiger partial charge >= 0.3 is 0 Å². The standard InChI is InChI=1S/C15H22BrClN2O2/c1-18-15(13-3-2-11(16)8-14(13)17)4-5-19-6-7-21-12(9-19)10-20/h2-3,8,12,15,18,20H,4-7,9-10H2,1H3. The third-order valence-electron chi connectivity index (χ3n) is 3.85. The van der Waals surface area contributed by atoms with E-state index in [0.717, 1.165) is 41.1 Å². The van der Waals surface area contributed by atoms with E-state index in [0.29, 0.717) is 6.61 Å². The van der Waals surface area contributed by atoms with Gasteiger partial charge in [0, 0.05) is 35.2 Å². The lowest BCUT2D eigenvalue weighted by Crippen LogP contribution is -2.44. The molecule has 1 saturated heterocycles. The molecule has 21 heavy (non-hydrogen) atoms. The molecular formula is C15H22BrClN2O2. The Balaban J connectivity index is 1.93. The van der Waals surface area contributed by atoms with Gasteiger partial charge in [0.2, 0.25) is 0 Å². The van der Waals surface area contributed by atoms with Crippen LogP contribution in [0.1, 0.15) is 18.0 Å². The quantitative estimate of drug-likeness (QED) is 0.799. The molecular weight excluding hydrogens is 356 g/mol. The number of hydrogen-bond donors (Lipinski definition) is 2. The zero-order chi connectivity index (χ0) is 15.2. The van der Waals surface area contributed by atoms with Gasteiger partial charge in [0.15, 0.2) is 0 Å². The summed E-state index contributed by atoms with van der Waals surface area (Å²) in [7, 11) is 1.96. The maximum Gasteiger partial charge on any atom is 0.0932 e. The van der Waals surface area contributed by atoms with Crippen molar-refractivity contribution in [3.8, 4) is 0 Å². The molecule has 1 aliphatic heterocycles. The molecule has 1 fully saturated rings. The van der Waals surface area contributed by atoms with Crippen molar-refractivity contribution in [2.75, 3.05) is 39.9 Å². The van der Waals surface area contributed by atoms with E-state index in [1.165, 1.54) is 0 Å². The molecule has 1 heterocycles. The second kappa shape index (κ2) is 8.46. The van der Waals surface area contributed by atoms with Gasteiger partial charge in [0.1, 0.15) is 0 Å². The van der Waals surface area contributed by atoms with Crippen molar-refractivity contribution in [1.82, 2.24) is 10.2 Å². The van der Waals surface area contributed by atoms with Gasteiger partial charge in [-0.15, -0.1) is 0 Å². The summed E-state index contributed by atoms with van der Waals surface area (Å²) in [6.07, 6.45) is 0.916. The summed E-state index contributed by atoms with van der Waals surface area (Å²) in [5, 5.41) is 13.3. The number of benzene rings is 1. The minimum atomic E-state index is -0.0527. The van der Waals surface area contributed by atoms with Crippen molar-refractivity contribution in [3.05, 3.63) is 33.3 Å². The number of nitrogens with zero attached hydrogens (tertiary/aromatic N) is 1. The van der Waals surface area contributed by atoms with Gasteiger partial charge < -0.3 is 15.2 Å². The van der Waals surface area contributed by atoms with Crippen molar-refractivity contribution in [3.63, 3.8) is 0 Å². The number of ether oxygens (including phenoxy) is 1. The van der Waals surface area contributed by atoms with Crippen LogP contribution in [0.3, 0.4) is 0 Å². The Morgan fingerprint density at radius 2 is 2.38 bits per heavy atom. The van der Waals surface area contributed by atoms with Crippen LogP contribution < -0.4 is 5.32 Å². The third-order valence-corrected chi connectivity index (χ3v) is 4.67. The lowest BCUT2D eigenvalue weighted by atomic mass is 10.0. The zero-order valence-electron chi connectivity index (χ0n) is 12.2. The predicted molar refractivity (Wildman–Crippen MR) is 88.8 cm³/mol. The average Bonchev–Trinajstić information content (AvgIpc) is 2.49. The second-order valence-corrected chi connectivity index (χ2v) is 6.59. The molecule has 2 atom stereocenters. The fourth-order valence-electron chi connectivity index (χ4n) is 2.65. The maximum absolute atomic E-state index is 9.19. The summed E-state index contributed by atoms with van der Waals surface area (Å²) >= 11 is 9.77. The second-order valence-electron chi connectivity index (χ2n) is 5.27. The van der Waals surface area contributed by atoms with Gasteiger partial charge in [0.05, 0.1) is 19.3 Å². The molecule has 1 aromatic carbocycles. The molecule has 1 aliphatic rings. The molecule has 0 saturated carbocycles. The summed E-state index contributed by atoms with van der Waals surface area (Å²) in [6.45, 7) is 3.44. The van der Waals surface area contributed by atoms with Crippen molar-refractivity contribution >= 4 is 27.5 Å². The van der Waals surface area contributed by atoms with Gasteiger partial charge in [-0.2, -0.15) is 0 Å².